The van der Waals surface area contributed by atoms with Crippen molar-refractivity contribution in [3.8, 4) is 0 Å². The van der Waals surface area contributed by atoms with Gasteiger partial charge in [0.1, 0.15) is 5.76 Å². The normalized spacial score (nSPS) is 23.0. The number of nitrogens with one attached hydrogen (secondary N) is 1. The molecule has 3 unspecified atom stereocenters. The van der Waals surface area contributed by atoms with Gasteiger partial charge < -0.3 is 14.8 Å². The third kappa shape index (κ3) is 2.72. The van der Waals surface area contributed by atoms with Crippen molar-refractivity contribution in [1.82, 2.24) is 5.32 Å². The maximum atomic E-state index is 11.9. The molecule has 3 atom stereocenters. The number of hydrogen-bond acceptors (Lipinski definition) is 4. The summed E-state index contributed by atoms with van der Waals surface area (Å²) < 4.78 is 5.29. The fraction of sp³-hybridized carbons (Fsp3) is 0.357. The Kier molecular flexibility index (Phi) is 3.40. The minimum Gasteiger partial charge on any atom is -0.469 e. The van der Waals surface area contributed by atoms with Gasteiger partial charge in [-0.05, 0) is 40.9 Å². The van der Waals surface area contributed by atoms with Gasteiger partial charge in [-0.25, -0.2) is 0 Å². The quantitative estimate of drug-likeness (QED) is 0.881. The van der Waals surface area contributed by atoms with E-state index in [2.05, 4.69) is 5.32 Å². The van der Waals surface area contributed by atoms with Crippen molar-refractivity contribution in [3.63, 3.8) is 0 Å². The van der Waals surface area contributed by atoms with Crippen LogP contribution in [-0.2, 0) is 4.79 Å². The Hall–Kier alpha value is -1.59. The molecule has 0 bridgehead atoms. The molecule has 3 rings (SSSR count). The van der Waals surface area contributed by atoms with Crippen LogP contribution in [0.2, 0.25) is 0 Å². The van der Waals surface area contributed by atoms with Crippen LogP contribution in [0.15, 0.2) is 39.6 Å². The lowest BCUT2D eigenvalue weighted by atomic mass is 10.2. The van der Waals surface area contributed by atoms with E-state index in [1.54, 1.807) is 6.26 Å². The third-order valence-electron chi connectivity index (χ3n) is 3.43. The fourth-order valence-electron chi connectivity index (χ4n) is 2.21. The fourth-order valence-corrected chi connectivity index (χ4v) is 2.92. The summed E-state index contributed by atoms with van der Waals surface area (Å²) in [5, 5.41) is 16.5. The summed E-state index contributed by atoms with van der Waals surface area (Å²) in [5.41, 5.74) is 0.851. The van der Waals surface area contributed by atoms with Crippen LogP contribution in [0.5, 0.6) is 0 Å². The number of aliphatic hydroxyl groups is 1. The van der Waals surface area contributed by atoms with Gasteiger partial charge in [0.2, 0.25) is 5.91 Å². The predicted molar refractivity (Wildman–Crippen MR) is 71.8 cm³/mol. The highest BCUT2D eigenvalue weighted by Gasteiger charge is 2.45. The molecule has 1 aliphatic carbocycles. The molecule has 0 saturated heterocycles. The molecule has 2 aromatic heterocycles. The second-order valence-corrected chi connectivity index (χ2v) is 5.56. The molecule has 1 fully saturated rings. The molecule has 1 aliphatic rings. The first-order valence-corrected chi connectivity index (χ1v) is 7.21. The highest BCUT2D eigenvalue weighted by molar-refractivity contribution is 7.07. The summed E-state index contributed by atoms with van der Waals surface area (Å²) in [5.74, 6) is 1.06. The second-order valence-electron chi connectivity index (χ2n) is 4.78. The Morgan fingerprint density at radius 1 is 1.58 bits per heavy atom. The van der Waals surface area contributed by atoms with E-state index in [0.29, 0.717) is 0 Å². The van der Waals surface area contributed by atoms with Crippen LogP contribution in [0.1, 0.15) is 29.8 Å². The Labute approximate surface area is 115 Å². The van der Waals surface area contributed by atoms with E-state index in [0.717, 1.165) is 17.7 Å². The van der Waals surface area contributed by atoms with Crippen molar-refractivity contribution < 1.29 is 14.3 Å². The van der Waals surface area contributed by atoms with Gasteiger partial charge in [-0.15, -0.1) is 0 Å². The van der Waals surface area contributed by atoms with Crippen LogP contribution >= 0.6 is 11.3 Å². The zero-order valence-corrected chi connectivity index (χ0v) is 11.1. The SMILES string of the molecule is O=C(NCC(O)c1ccsc1)C1CC1c1ccco1. The summed E-state index contributed by atoms with van der Waals surface area (Å²) in [4.78, 5) is 11.9. The zero-order valence-electron chi connectivity index (χ0n) is 10.3. The molecule has 100 valence electrons. The van der Waals surface area contributed by atoms with Crippen LogP contribution < -0.4 is 5.32 Å². The Morgan fingerprint density at radius 3 is 3.16 bits per heavy atom. The largest absolute Gasteiger partial charge is 0.469 e. The number of carbonyl (C=O) groups excluding carboxylic acids is 1. The molecular weight excluding hydrogens is 262 g/mol. The molecule has 2 N–H and O–H groups in total. The molecule has 4 nitrogen and oxygen atoms in total. The lowest BCUT2D eigenvalue weighted by molar-refractivity contribution is -0.122. The summed E-state index contributed by atoms with van der Waals surface area (Å²) in [7, 11) is 0. The summed E-state index contributed by atoms with van der Waals surface area (Å²) in [6.45, 7) is 0.261. The molecule has 0 aromatic carbocycles. The Balaban J connectivity index is 1.48. The van der Waals surface area contributed by atoms with E-state index in [9.17, 15) is 9.90 Å². The van der Waals surface area contributed by atoms with Crippen molar-refractivity contribution in [1.29, 1.82) is 0 Å². The lowest BCUT2D eigenvalue weighted by Gasteiger charge is -2.10. The number of carbonyl (C=O) groups is 1. The molecule has 2 aromatic rings. The smallest absolute Gasteiger partial charge is 0.223 e. The van der Waals surface area contributed by atoms with Gasteiger partial charge in [-0.3, -0.25) is 4.79 Å². The van der Waals surface area contributed by atoms with Gasteiger partial charge in [0.25, 0.3) is 0 Å². The average molecular weight is 277 g/mol. The molecule has 2 heterocycles. The minimum atomic E-state index is -0.629. The first-order chi connectivity index (χ1) is 9.25. The maximum Gasteiger partial charge on any atom is 0.223 e. The number of rotatable bonds is 5. The number of hydrogen-bond donors (Lipinski definition) is 2. The van der Waals surface area contributed by atoms with Crippen LogP contribution in [0.25, 0.3) is 0 Å². The standard InChI is InChI=1S/C14H15NO3S/c16-12(9-3-5-19-8-9)7-15-14(17)11-6-10(11)13-2-1-4-18-13/h1-5,8,10-12,16H,6-7H2,(H,15,17). The molecule has 1 saturated carbocycles. The number of aliphatic hydroxyl groups excluding tert-OH is 1. The van der Waals surface area contributed by atoms with Gasteiger partial charge in [0, 0.05) is 18.4 Å². The van der Waals surface area contributed by atoms with Crippen molar-refractivity contribution in [2.24, 2.45) is 5.92 Å². The Morgan fingerprint density at radius 2 is 2.47 bits per heavy atom. The van der Waals surface area contributed by atoms with Gasteiger partial charge in [0.15, 0.2) is 0 Å². The topological polar surface area (TPSA) is 62.5 Å². The van der Waals surface area contributed by atoms with Crippen molar-refractivity contribution in [2.45, 2.75) is 18.4 Å². The van der Waals surface area contributed by atoms with Crippen LogP contribution in [0, 0.1) is 5.92 Å². The maximum absolute atomic E-state index is 11.9. The van der Waals surface area contributed by atoms with E-state index in [1.165, 1.54) is 11.3 Å². The molecule has 0 radical (unpaired) electrons. The first-order valence-electron chi connectivity index (χ1n) is 6.27. The monoisotopic (exact) mass is 277 g/mol. The van der Waals surface area contributed by atoms with E-state index in [4.69, 9.17) is 4.42 Å². The second kappa shape index (κ2) is 5.19. The predicted octanol–water partition coefficient (Wildman–Crippen LogP) is 2.29. The van der Waals surface area contributed by atoms with Gasteiger partial charge in [0.05, 0.1) is 12.4 Å². The van der Waals surface area contributed by atoms with E-state index < -0.39 is 6.10 Å². The molecule has 5 heteroatoms. The van der Waals surface area contributed by atoms with Crippen molar-refractivity contribution in [2.75, 3.05) is 6.54 Å². The number of furan rings is 1. The van der Waals surface area contributed by atoms with Crippen LogP contribution in [0.4, 0.5) is 0 Å². The zero-order chi connectivity index (χ0) is 13.2. The van der Waals surface area contributed by atoms with Crippen LogP contribution in [0.3, 0.4) is 0 Å². The van der Waals surface area contributed by atoms with Crippen molar-refractivity contribution >= 4 is 17.2 Å². The highest BCUT2D eigenvalue weighted by Crippen LogP contribution is 2.47. The first kappa shape index (κ1) is 12.4. The van der Waals surface area contributed by atoms with Crippen molar-refractivity contribution in [3.05, 3.63) is 46.5 Å². The average Bonchev–Trinajstić information content (AvgIpc) is 2.90. The van der Waals surface area contributed by atoms with Crippen LogP contribution in [-0.4, -0.2) is 17.6 Å². The Bertz CT molecular complexity index is 535. The molecule has 1 amide bonds. The summed E-state index contributed by atoms with van der Waals surface area (Å²) in [6, 6.07) is 5.60. The van der Waals surface area contributed by atoms with Gasteiger partial charge in [-0.1, -0.05) is 0 Å². The molecular formula is C14H15NO3S. The van der Waals surface area contributed by atoms with Gasteiger partial charge >= 0.3 is 0 Å². The molecule has 19 heavy (non-hydrogen) atoms. The van der Waals surface area contributed by atoms with E-state index >= 15 is 0 Å². The third-order valence-corrected chi connectivity index (χ3v) is 4.13. The lowest BCUT2D eigenvalue weighted by Crippen LogP contribution is -2.29. The summed E-state index contributed by atoms with van der Waals surface area (Å²) >= 11 is 1.53. The number of amides is 1. The minimum absolute atomic E-state index is 0.00400. The van der Waals surface area contributed by atoms with E-state index in [-0.39, 0.29) is 24.3 Å². The number of thiophene rings is 1. The summed E-state index contributed by atoms with van der Waals surface area (Å²) in [6.07, 6.45) is 1.83. The molecule has 0 spiro atoms. The van der Waals surface area contributed by atoms with E-state index in [1.807, 2.05) is 29.0 Å². The molecule has 0 aliphatic heterocycles. The highest BCUT2D eigenvalue weighted by atomic mass is 32.1. The van der Waals surface area contributed by atoms with Gasteiger partial charge in [-0.2, -0.15) is 11.3 Å².